The Bertz CT molecular complexity index is 1470. The van der Waals surface area contributed by atoms with Crippen LogP contribution in [0.1, 0.15) is 27.7 Å². The predicted molar refractivity (Wildman–Crippen MR) is 126 cm³/mol. The van der Waals surface area contributed by atoms with Crippen molar-refractivity contribution in [1.29, 1.82) is 0 Å². The molecule has 5 nitrogen and oxygen atoms in total. The summed E-state index contributed by atoms with van der Waals surface area (Å²) in [5.74, 6) is -2.84. The number of aliphatic hydroxyl groups is 1. The van der Waals surface area contributed by atoms with Gasteiger partial charge in [0, 0.05) is 21.1 Å². The average molecular weight is 506 g/mol. The first-order chi connectivity index (χ1) is 15.8. The SMILES string of the molecule is Cc1cccc(N2C(=O)C(O)=C(C(=O)c3cc4cc(Br)ccc4o3)C2c2ccccc2F)c1. The Morgan fingerprint density at radius 2 is 1.85 bits per heavy atom. The monoisotopic (exact) mass is 505 g/mol. The molecule has 0 radical (unpaired) electrons. The van der Waals surface area contributed by atoms with Crippen LogP contribution in [0.25, 0.3) is 11.0 Å². The number of carbonyl (C=O) groups excluding carboxylic acids is 2. The third-order valence-electron chi connectivity index (χ3n) is 5.63. The van der Waals surface area contributed by atoms with Crippen LogP contribution in [0, 0.1) is 12.7 Å². The molecule has 0 aliphatic carbocycles. The molecule has 1 aliphatic heterocycles. The molecule has 0 fully saturated rings. The molecule has 33 heavy (non-hydrogen) atoms. The Morgan fingerprint density at radius 3 is 2.61 bits per heavy atom. The highest BCUT2D eigenvalue weighted by Gasteiger charge is 2.46. The van der Waals surface area contributed by atoms with E-state index in [0.29, 0.717) is 16.7 Å². The fourth-order valence-corrected chi connectivity index (χ4v) is 4.51. The van der Waals surface area contributed by atoms with E-state index >= 15 is 0 Å². The number of benzene rings is 3. The quantitative estimate of drug-likeness (QED) is 0.324. The summed E-state index contributed by atoms with van der Waals surface area (Å²) in [5.41, 5.74) is 1.65. The fourth-order valence-electron chi connectivity index (χ4n) is 4.13. The van der Waals surface area contributed by atoms with Crippen molar-refractivity contribution in [1.82, 2.24) is 0 Å². The Labute approximate surface area is 196 Å². The van der Waals surface area contributed by atoms with E-state index in [1.807, 2.05) is 13.0 Å². The zero-order valence-electron chi connectivity index (χ0n) is 17.4. The van der Waals surface area contributed by atoms with Crippen LogP contribution in [0.4, 0.5) is 10.1 Å². The molecule has 1 unspecified atom stereocenters. The van der Waals surface area contributed by atoms with Gasteiger partial charge < -0.3 is 9.52 Å². The number of furan rings is 1. The lowest BCUT2D eigenvalue weighted by Gasteiger charge is -2.27. The van der Waals surface area contributed by atoms with Gasteiger partial charge in [-0.3, -0.25) is 14.5 Å². The number of rotatable bonds is 4. The second-order valence-electron chi connectivity index (χ2n) is 7.82. The number of fused-ring (bicyclic) bond motifs is 1. The number of carbonyl (C=O) groups is 2. The number of hydrogen-bond donors (Lipinski definition) is 1. The van der Waals surface area contributed by atoms with Gasteiger partial charge in [-0.15, -0.1) is 0 Å². The maximum atomic E-state index is 14.9. The molecule has 1 N–H and O–H groups in total. The van der Waals surface area contributed by atoms with Gasteiger partial charge in [0.15, 0.2) is 11.5 Å². The number of aliphatic hydroxyl groups excluding tert-OH is 1. The second kappa shape index (κ2) is 8.01. The van der Waals surface area contributed by atoms with Crippen LogP contribution >= 0.6 is 15.9 Å². The molecule has 4 aromatic rings. The third kappa shape index (κ3) is 3.54. The average Bonchev–Trinajstić information content (AvgIpc) is 3.32. The summed E-state index contributed by atoms with van der Waals surface area (Å²) in [7, 11) is 0. The minimum absolute atomic E-state index is 0.0510. The van der Waals surface area contributed by atoms with Crippen molar-refractivity contribution in [2.45, 2.75) is 13.0 Å². The number of halogens is 2. The van der Waals surface area contributed by atoms with Gasteiger partial charge in [-0.1, -0.05) is 46.3 Å². The molecule has 0 bridgehead atoms. The molecule has 7 heteroatoms. The number of aryl methyl sites for hydroxylation is 1. The van der Waals surface area contributed by atoms with E-state index in [1.54, 1.807) is 48.5 Å². The fraction of sp³-hybridized carbons (Fsp3) is 0.0769. The molecule has 0 saturated heterocycles. The lowest BCUT2D eigenvalue weighted by Crippen LogP contribution is -2.31. The van der Waals surface area contributed by atoms with Crippen molar-refractivity contribution in [2.24, 2.45) is 0 Å². The second-order valence-corrected chi connectivity index (χ2v) is 8.74. The zero-order chi connectivity index (χ0) is 23.3. The maximum Gasteiger partial charge on any atom is 0.294 e. The minimum atomic E-state index is -1.16. The van der Waals surface area contributed by atoms with Gasteiger partial charge >= 0.3 is 0 Å². The van der Waals surface area contributed by atoms with Crippen LogP contribution < -0.4 is 4.90 Å². The maximum absolute atomic E-state index is 14.9. The van der Waals surface area contributed by atoms with E-state index in [0.717, 1.165) is 10.0 Å². The number of anilines is 1. The molecule has 1 aliphatic rings. The van der Waals surface area contributed by atoms with Crippen molar-refractivity contribution in [2.75, 3.05) is 4.90 Å². The Kier molecular flexibility index (Phi) is 5.13. The number of ketones is 1. The summed E-state index contributed by atoms with van der Waals surface area (Å²) in [5, 5.41) is 11.5. The van der Waals surface area contributed by atoms with Crippen LogP contribution in [0.2, 0.25) is 0 Å². The summed E-state index contributed by atoms with van der Waals surface area (Å²) in [6.45, 7) is 1.86. The number of amides is 1. The van der Waals surface area contributed by atoms with Crippen LogP contribution in [0.5, 0.6) is 0 Å². The van der Waals surface area contributed by atoms with E-state index in [1.165, 1.54) is 23.1 Å². The summed E-state index contributed by atoms with van der Waals surface area (Å²) in [4.78, 5) is 28.0. The molecular weight excluding hydrogens is 489 g/mol. The van der Waals surface area contributed by atoms with E-state index in [2.05, 4.69) is 15.9 Å². The van der Waals surface area contributed by atoms with Crippen molar-refractivity contribution in [3.8, 4) is 0 Å². The smallest absolute Gasteiger partial charge is 0.294 e. The summed E-state index contributed by atoms with van der Waals surface area (Å²) in [6, 6.07) is 18.6. The number of nitrogens with zero attached hydrogens (tertiary/aromatic N) is 1. The van der Waals surface area contributed by atoms with Gasteiger partial charge in [-0.05, 0) is 55.0 Å². The van der Waals surface area contributed by atoms with Crippen molar-refractivity contribution >= 4 is 44.3 Å². The molecular formula is C26H17BrFNO4. The van der Waals surface area contributed by atoms with E-state index < -0.39 is 29.3 Å². The first kappa shape index (κ1) is 21.2. The molecule has 5 rings (SSSR count). The van der Waals surface area contributed by atoms with Crippen molar-refractivity contribution in [3.05, 3.63) is 111 Å². The van der Waals surface area contributed by atoms with Gasteiger partial charge in [-0.25, -0.2) is 4.39 Å². The highest BCUT2D eigenvalue weighted by molar-refractivity contribution is 9.10. The molecule has 1 amide bonds. The normalized spacial score (nSPS) is 16.2. The minimum Gasteiger partial charge on any atom is -0.503 e. The Hall–Kier alpha value is -3.71. The molecule has 0 saturated carbocycles. The van der Waals surface area contributed by atoms with Gasteiger partial charge in [0.25, 0.3) is 5.91 Å². The topological polar surface area (TPSA) is 70.8 Å². The zero-order valence-corrected chi connectivity index (χ0v) is 19.0. The van der Waals surface area contributed by atoms with Crippen LogP contribution in [0.15, 0.2) is 93.0 Å². The lowest BCUT2D eigenvalue weighted by molar-refractivity contribution is -0.117. The van der Waals surface area contributed by atoms with Gasteiger partial charge in [0.1, 0.15) is 11.4 Å². The Morgan fingerprint density at radius 1 is 1.06 bits per heavy atom. The van der Waals surface area contributed by atoms with E-state index in [4.69, 9.17) is 4.42 Å². The third-order valence-corrected chi connectivity index (χ3v) is 6.13. The van der Waals surface area contributed by atoms with Crippen molar-refractivity contribution in [3.63, 3.8) is 0 Å². The van der Waals surface area contributed by atoms with Crippen molar-refractivity contribution < 1.29 is 23.5 Å². The number of hydrogen-bond acceptors (Lipinski definition) is 4. The highest BCUT2D eigenvalue weighted by atomic mass is 79.9. The standard InChI is InChI=1S/C26H17BrFNO4/c1-14-5-4-6-17(11-14)29-23(18-7-2-3-8-19(18)28)22(25(31)26(29)32)24(30)21-13-15-12-16(27)9-10-20(15)33-21/h2-13,23,31H,1H3. The van der Waals surface area contributed by atoms with E-state index in [-0.39, 0.29) is 16.9 Å². The Balaban J connectivity index is 1.69. The van der Waals surface area contributed by atoms with Crippen LogP contribution in [-0.2, 0) is 4.79 Å². The first-order valence-corrected chi connectivity index (χ1v) is 11.0. The highest BCUT2D eigenvalue weighted by Crippen LogP contribution is 2.43. The van der Waals surface area contributed by atoms with Gasteiger partial charge in [-0.2, -0.15) is 0 Å². The molecule has 2 heterocycles. The van der Waals surface area contributed by atoms with Crippen LogP contribution in [0.3, 0.4) is 0 Å². The summed E-state index contributed by atoms with van der Waals surface area (Å²) < 4.78 is 21.5. The molecule has 164 valence electrons. The predicted octanol–water partition coefficient (Wildman–Crippen LogP) is 6.43. The van der Waals surface area contributed by atoms with Gasteiger partial charge in [0.05, 0.1) is 11.6 Å². The van der Waals surface area contributed by atoms with E-state index in [9.17, 15) is 19.1 Å². The summed E-state index contributed by atoms with van der Waals surface area (Å²) in [6.07, 6.45) is 0. The number of Topliss-reactive ketones (excluding diaryl/α,β-unsaturated/α-hetero) is 1. The van der Waals surface area contributed by atoms with Gasteiger partial charge in [0.2, 0.25) is 5.78 Å². The summed E-state index contributed by atoms with van der Waals surface area (Å²) >= 11 is 3.38. The first-order valence-electron chi connectivity index (χ1n) is 10.2. The molecule has 3 aromatic carbocycles. The van der Waals surface area contributed by atoms with Crippen LogP contribution in [-0.4, -0.2) is 16.8 Å². The molecule has 0 spiro atoms. The lowest BCUT2D eigenvalue weighted by atomic mass is 9.94. The largest absolute Gasteiger partial charge is 0.503 e. The molecule has 1 atom stereocenters. The molecule has 1 aromatic heterocycles.